The van der Waals surface area contributed by atoms with Crippen LogP contribution in [0.15, 0.2) is 17.0 Å². The highest BCUT2D eigenvalue weighted by Crippen LogP contribution is 2.25. The van der Waals surface area contributed by atoms with Crippen molar-refractivity contribution in [1.29, 1.82) is 0 Å². The molecule has 1 aliphatic rings. The third kappa shape index (κ3) is 4.14. The van der Waals surface area contributed by atoms with Gasteiger partial charge in [0.2, 0.25) is 10.0 Å². The number of hydrogen-bond acceptors (Lipinski definition) is 4. The number of likely N-dealkylation sites (N-methyl/N-ethyl adjacent to an activating group) is 1. The highest BCUT2D eigenvalue weighted by Gasteiger charge is 2.26. The summed E-state index contributed by atoms with van der Waals surface area (Å²) in [5, 5.41) is -0.134. The Balaban J connectivity index is 2.06. The van der Waals surface area contributed by atoms with Crippen LogP contribution in [0.1, 0.15) is 18.4 Å². The molecule has 0 aliphatic heterocycles. The smallest absolute Gasteiger partial charge is 0.240 e. The second kappa shape index (κ2) is 6.58. The SMILES string of the molecule is CN(CCNS(=O)(=O)c1cc(F)c(Cl)c(CN)c1)C1CC1. The third-order valence-corrected chi connectivity index (χ3v) is 5.40. The maximum Gasteiger partial charge on any atom is 0.240 e. The van der Waals surface area contributed by atoms with Crippen LogP contribution in [0, 0.1) is 5.82 Å². The molecule has 21 heavy (non-hydrogen) atoms. The zero-order valence-electron chi connectivity index (χ0n) is 11.8. The van der Waals surface area contributed by atoms with Gasteiger partial charge in [0.25, 0.3) is 0 Å². The number of nitrogens with two attached hydrogens (primary N) is 1. The molecule has 8 heteroatoms. The van der Waals surface area contributed by atoms with E-state index in [1.807, 2.05) is 7.05 Å². The second-order valence-corrected chi connectivity index (χ2v) is 7.34. The van der Waals surface area contributed by atoms with Crippen molar-refractivity contribution in [1.82, 2.24) is 9.62 Å². The molecule has 1 saturated carbocycles. The van der Waals surface area contributed by atoms with Crippen LogP contribution in [-0.2, 0) is 16.6 Å². The van der Waals surface area contributed by atoms with Crippen molar-refractivity contribution >= 4 is 21.6 Å². The van der Waals surface area contributed by atoms with E-state index in [2.05, 4.69) is 9.62 Å². The van der Waals surface area contributed by atoms with Gasteiger partial charge in [-0.15, -0.1) is 0 Å². The number of nitrogens with one attached hydrogen (secondary N) is 1. The molecule has 0 unspecified atom stereocenters. The van der Waals surface area contributed by atoms with Crippen LogP contribution in [0.3, 0.4) is 0 Å². The number of halogens is 2. The summed E-state index contributed by atoms with van der Waals surface area (Å²) in [6.45, 7) is 0.866. The number of benzene rings is 1. The van der Waals surface area contributed by atoms with E-state index in [0.29, 0.717) is 12.6 Å². The molecular formula is C13H19ClFN3O2S. The number of nitrogens with zero attached hydrogens (tertiary/aromatic N) is 1. The van der Waals surface area contributed by atoms with Crippen molar-refractivity contribution in [2.24, 2.45) is 5.73 Å². The lowest BCUT2D eigenvalue weighted by Crippen LogP contribution is -2.34. The molecule has 118 valence electrons. The molecule has 5 nitrogen and oxygen atoms in total. The van der Waals surface area contributed by atoms with Crippen molar-refractivity contribution in [3.8, 4) is 0 Å². The molecule has 0 heterocycles. The minimum absolute atomic E-state index is 0.0243. The van der Waals surface area contributed by atoms with E-state index in [1.165, 1.54) is 6.07 Å². The van der Waals surface area contributed by atoms with Gasteiger partial charge in [0, 0.05) is 25.7 Å². The Labute approximate surface area is 129 Å². The van der Waals surface area contributed by atoms with E-state index >= 15 is 0 Å². The van der Waals surface area contributed by atoms with E-state index in [4.69, 9.17) is 17.3 Å². The quantitative estimate of drug-likeness (QED) is 0.788. The monoisotopic (exact) mass is 335 g/mol. The first-order valence-corrected chi connectivity index (χ1v) is 8.59. The fraction of sp³-hybridized carbons (Fsp3) is 0.538. The predicted octanol–water partition coefficient (Wildman–Crippen LogP) is 1.31. The molecule has 0 amide bonds. The minimum atomic E-state index is -3.76. The maximum atomic E-state index is 13.6. The molecule has 0 atom stereocenters. The lowest BCUT2D eigenvalue weighted by molar-refractivity contribution is 0.329. The van der Waals surface area contributed by atoms with Gasteiger partial charge in [-0.25, -0.2) is 17.5 Å². The van der Waals surface area contributed by atoms with Gasteiger partial charge in [0.1, 0.15) is 5.82 Å². The van der Waals surface area contributed by atoms with Crippen molar-refractivity contribution in [3.05, 3.63) is 28.5 Å². The van der Waals surface area contributed by atoms with Gasteiger partial charge in [-0.2, -0.15) is 0 Å². The highest BCUT2D eigenvalue weighted by atomic mass is 35.5. The Morgan fingerprint density at radius 1 is 1.48 bits per heavy atom. The van der Waals surface area contributed by atoms with Crippen molar-refractivity contribution in [2.75, 3.05) is 20.1 Å². The zero-order chi connectivity index (χ0) is 15.6. The maximum absolute atomic E-state index is 13.6. The van der Waals surface area contributed by atoms with Crippen molar-refractivity contribution in [2.45, 2.75) is 30.3 Å². The Kier molecular flexibility index (Phi) is 5.21. The van der Waals surface area contributed by atoms with Gasteiger partial charge in [-0.05, 0) is 37.6 Å². The van der Waals surface area contributed by atoms with Gasteiger partial charge >= 0.3 is 0 Å². The molecule has 1 aliphatic carbocycles. The summed E-state index contributed by atoms with van der Waals surface area (Å²) in [5.74, 6) is -0.782. The summed E-state index contributed by atoms with van der Waals surface area (Å²) in [7, 11) is -1.81. The van der Waals surface area contributed by atoms with Crippen LogP contribution in [0.25, 0.3) is 0 Å². The van der Waals surface area contributed by atoms with E-state index in [0.717, 1.165) is 18.9 Å². The summed E-state index contributed by atoms with van der Waals surface area (Å²) >= 11 is 5.73. The summed E-state index contributed by atoms with van der Waals surface area (Å²) in [4.78, 5) is 1.95. The largest absolute Gasteiger partial charge is 0.326 e. The summed E-state index contributed by atoms with van der Waals surface area (Å²) in [6.07, 6.45) is 2.32. The average Bonchev–Trinajstić information content (AvgIpc) is 3.25. The average molecular weight is 336 g/mol. The van der Waals surface area contributed by atoms with E-state index in [9.17, 15) is 12.8 Å². The number of sulfonamides is 1. The molecule has 2 rings (SSSR count). The van der Waals surface area contributed by atoms with E-state index < -0.39 is 15.8 Å². The molecule has 0 spiro atoms. The predicted molar refractivity (Wildman–Crippen MR) is 80.1 cm³/mol. The standard InChI is InChI=1S/C13H19ClFN3O2S/c1-18(10-2-3-10)5-4-17-21(19,20)11-6-9(8-16)13(14)12(15)7-11/h6-7,10,17H,2-5,8,16H2,1H3. The van der Waals surface area contributed by atoms with Gasteiger partial charge in [-0.1, -0.05) is 11.6 Å². The molecule has 0 saturated heterocycles. The first-order chi connectivity index (χ1) is 9.85. The van der Waals surface area contributed by atoms with Crippen LogP contribution in [-0.4, -0.2) is 39.5 Å². The molecule has 1 aromatic carbocycles. The topological polar surface area (TPSA) is 75.4 Å². The number of rotatable bonds is 7. The van der Waals surface area contributed by atoms with Crippen LogP contribution in [0.4, 0.5) is 4.39 Å². The van der Waals surface area contributed by atoms with E-state index in [-0.39, 0.29) is 28.6 Å². The fourth-order valence-electron chi connectivity index (χ4n) is 2.06. The highest BCUT2D eigenvalue weighted by molar-refractivity contribution is 7.89. The Hall–Kier alpha value is -0.730. The van der Waals surface area contributed by atoms with Gasteiger partial charge in [0.15, 0.2) is 0 Å². The number of hydrogen-bond donors (Lipinski definition) is 2. The normalized spacial score (nSPS) is 15.7. The Morgan fingerprint density at radius 2 is 2.14 bits per heavy atom. The van der Waals surface area contributed by atoms with Crippen molar-refractivity contribution in [3.63, 3.8) is 0 Å². The minimum Gasteiger partial charge on any atom is -0.326 e. The zero-order valence-corrected chi connectivity index (χ0v) is 13.3. The Bertz CT molecular complexity index is 620. The fourth-order valence-corrected chi connectivity index (χ4v) is 3.33. The molecule has 1 fully saturated rings. The summed E-state index contributed by atoms with van der Waals surface area (Å²) in [6, 6.07) is 2.78. The molecule has 0 bridgehead atoms. The Morgan fingerprint density at radius 3 is 2.71 bits per heavy atom. The van der Waals surface area contributed by atoms with E-state index in [1.54, 1.807) is 0 Å². The molecular weight excluding hydrogens is 317 g/mol. The molecule has 0 radical (unpaired) electrons. The van der Waals surface area contributed by atoms with Gasteiger partial charge in [-0.3, -0.25) is 0 Å². The van der Waals surface area contributed by atoms with Crippen LogP contribution in [0.2, 0.25) is 5.02 Å². The third-order valence-electron chi connectivity index (χ3n) is 3.53. The summed E-state index contributed by atoms with van der Waals surface area (Å²) < 4.78 is 40.4. The lowest BCUT2D eigenvalue weighted by atomic mass is 10.2. The van der Waals surface area contributed by atoms with Crippen molar-refractivity contribution < 1.29 is 12.8 Å². The first-order valence-electron chi connectivity index (χ1n) is 6.73. The van der Waals surface area contributed by atoms with Gasteiger partial charge in [0.05, 0.1) is 9.92 Å². The molecule has 0 aromatic heterocycles. The van der Waals surface area contributed by atoms with Crippen LogP contribution < -0.4 is 10.5 Å². The lowest BCUT2D eigenvalue weighted by Gasteiger charge is -2.16. The second-order valence-electron chi connectivity index (χ2n) is 5.19. The molecule has 3 N–H and O–H groups in total. The van der Waals surface area contributed by atoms with Crippen LogP contribution in [0.5, 0.6) is 0 Å². The van der Waals surface area contributed by atoms with Gasteiger partial charge < -0.3 is 10.6 Å². The molecule has 1 aromatic rings. The first kappa shape index (κ1) is 16.6. The van der Waals surface area contributed by atoms with Crippen LogP contribution >= 0.6 is 11.6 Å². The summed E-state index contributed by atoms with van der Waals surface area (Å²) in [5.41, 5.74) is 5.71.